The Morgan fingerprint density at radius 2 is 1.06 bits per heavy atom. The number of hydroxylamine groups is 2. The molecule has 0 aliphatic carbocycles. The summed E-state index contributed by atoms with van der Waals surface area (Å²) < 4.78 is 0. The molecule has 0 aromatic heterocycles. The van der Waals surface area contributed by atoms with Gasteiger partial charge in [-0.05, 0) is 20.8 Å². The fraction of sp³-hybridized carbons (Fsp3) is 0.800. The molecule has 0 spiro atoms. The monoisotopic (exact) mass is 301 g/mol. The van der Waals surface area contributed by atoms with E-state index in [1.165, 1.54) is 0 Å². The Labute approximate surface area is 122 Å². The van der Waals surface area contributed by atoms with Crippen LogP contribution in [-0.2, 0) is 31.3 Å². The molecule has 8 heteroatoms. The van der Waals surface area contributed by atoms with Gasteiger partial charge in [0.1, 0.15) is 0 Å². The Hall–Kier alpha value is -0.306. The van der Waals surface area contributed by atoms with Crippen LogP contribution in [0.15, 0.2) is 0 Å². The quantitative estimate of drug-likeness (QED) is 0.273. The molecule has 1 heterocycles. The van der Waals surface area contributed by atoms with Gasteiger partial charge in [0.05, 0.1) is 0 Å². The first-order valence-corrected chi connectivity index (χ1v) is 5.33. The summed E-state index contributed by atoms with van der Waals surface area (Å²) in [4.78, 5) is 20.5. The summed E-state index contributed by atoms with van der Waals surface area (Å²) in [6.07, 6.45) is 0.296. The molecule has 0 saturated carbocycles. The van der Waals surface area contributed by atoms with E-state index in [9.17, 15) is 9.59 Å². The first-order chi connectivity index (χ1) is 7.96. The molecule has 1 aliphatic heterocycles. The Morgan fingerprint density at radius 3 is 1.11 bits per heavy atom. The molecule has 0 unspecified atom stereocenters. The van der Waals surface area contributed by atoms with Crippen LogP contribution in [0.25, 0.3) is 0 Å². The average molecular weight is 301 g/mol. The molecule has 0 aromatic rings. The molecule has 0 aromatic carbocycles. The molecule has 1 fully saturated rings. The molecule has 4 N–H and O–H groups in total. The van der Waals surface area contributed by atoms with Gasteiger partial charge in [-0.1, -0.05) is 0 Å². The SMILES string of the molecule is CCO.CCO.CCO.O=C1CCC(=O)N1O.[Ti]. The van der Waals surface area contributed by atoms with E-state index in [1.807, 2.05) is 0 Å². The van der Waals surface area contributed by atoms with Crippen LogP contribution >= 0.6 is 0 Å². The molecule has 2 amide bonds. The number of carbonyl (C=O) groups is 2. The maximum atomic E-state index is 10.2. The van der Waals surface area contributed by atoms with Crippen LogP contribution in [0.3, 0.4) is 0 Å². The van der Waals surface area contributed by atoms with Crippen molar-refractivity contribution in [1.82, 2.24) is 5.06 Å². The summed E-state index contributed by atoms with van der Waals surface area (Å²) in [5.74, 6) is -1.01. The van der Waals surface area contributed by atoms with Gasteiger partial charge in [-0.2, -0.15) is 5.06 Å². The molecular formula is C10H23NO6Ti. The number of carbonyl (C=O) groups excluding carboxylic acids is 2. The van der Waals surface area contributed by atoms with Gasteiger partial charge in [0.2, 0.25) is 0 Å². The van der Waals surface area contributed by atoms with Crippen LogP contribution in [0.5, 0.6) is 0 Å². The first kappa shape index (κ1) is 26.3. The van der Waals surface area contributed by atoms with Crippen molar-refractivity contribution in [2.45, 2.75) is 33.6 Å². The molecule has 0 bridgehead atoms. The second-order valence-corrected chi connectivity index (χ2v) is 2.55. The molecular weight excluding hydrogens is 278 g/mol. The van der Waals surface area contributed by atoms with Crippen molar-refractivity contribution in [2.75, 3.05) is 19.8 Å². The van der Waals surface area contributed by atoms with Gasteiger partial charge in [-0.3, -0.25) is 14.8 Å². The van der Waals surface area contributed by atoms with E-state index in [0.717, 1.165) is 0 Å². The standard InChI is InChI=1S/C4H5NO3.3C2H6O.Ti/c6-3-1-2-4(7)5(3)8;3*1-2-3;/h8H,1-2H2;3*3H,2H2,1H3;. The molecule has 0 radical (unpaired) electrons. The Balaban J connectivity index is -0.0000000840. The Kier molecular flexibility index (Phi) is 32.0. The summed E-state index contributed by atoms with van der Waals surface area (Å²) in [5, 5.41) is 31.3. The van der Waals surface area contributed by atoms with Crippen molar-refractivity contribution in [3.05, 3.63) is 0 Å². The third-order valence-corrected chi connectivity index (χ3v) is 1.03. The molecule has 1 rings (SSSR count). The molecule has 0 atom stereocenters. The zero-order valence-corrected chi connectivity index (χ0v) is 12.6. The van der Waals surface area contributed by atoms with E-state index in [4.69, 9.17) is 20.5 Å². The number of aliphatic hydroxyl groups is 3. The summed E-state index contributed by atoms with van der Waals surface area (Å²) in [7, 11) is 0. The van der Waals surface area contributed by atoms with E-state index in [2.05, 4.69) is 0 Å². The van der Waals surface area contributed by atoms with Crippen LogP contribution < -0.4 is 0 Å². The maximum Gasteiger partial charge on any atom is 0.253 e. The van der Waals surface area contributed by atoms with Gasteiger partial charge in [-0.15, -0.1) is 0 Å². The smallest absolute Gasteiger partial charge is 0.253 e. The van der Waals surface area contributed by atoms with Crippen molar-refractivity contribution in [2.24, 2.45) is 0 Å². The van der Waals surface area contributed by atoms with E-state index in [0.29, 0.717) is 0 Å². The van der Waals surface area contributed by atoms with Crippen molar-refractivity contribution in [3.63, 3.8) is 0 Å². The summed E-state index contributed by atoms with van der Waals surface area (Å²) in [6.45, 7) is 5.79. The second kappa shape index (κ2) is 21.9. The predicted octanol–water partition coefficient (Wildman–Crippen LogP) is -0.482. The van der Waals surface area contributed by atoms with E-state index >= 15 is 0 Å². The number of amides is 2. The van der Waals surface area contributed by atoms with Crippen LogP contribution in [-0.4, -0.2) is 57.2 Å². The van der Waals surface area contributed by atoms with E-state index < -0.39 is 11.8 Å². The minimum Gasteiger partial charge on any atom is -0.397 e. The molecule has 1 saturated heterocycles. The van der Waals surface area contributed by atoms with Gasteiger partial charge in [0.25, 0.3) is 11.8 Å². The predicted molar refractivity (Wildman–Crippen MR) is 61.2 cm³/mol. The zero-order valence-electron chi connectivity index (χ0n) is 11.1. The van der Waals surface area contributed by atoms with Gasteiger partial charge in [-0.25, -0.2) is 0 Å². The van der Waals surface area contributed by atoms with Gasteiger partial charge < -0.3 is 15.3 Å². The van der Waals surface area contributed by atoms with Gasteiger partial charge in [0.15, 0.2) is 0 Å². The van der Waals surface area contributed by atoms with Crippen LogP contribution in [0.2, 0.25) is 0 Å². The van der Waals surface area contributed by atoms with Crippen molar-refractivity contribution < 1.29 is 51.8 Å². The number of rotatable bonds is 0. The molecule has 18 heavy (non-hydrogen) atoms. The van der Waals surface area contributed by atoms with Crippen molar-refractivity contribution in [3.8, 4) is 0 Å². The summed E-state index contributed by atoms with van der Waals surface area (Å²) >= 11 is 0. The third kappa shape index (κ3) is 21.0. The molecule has 7 nitrogen and oxygen atoms in total. The van der Waals surface area contributed by atoms with E-state index in [1.54, 1.807) is 20.8 Å². The third-order valence-electron chi connectivity index (χ3n) is 1.03. The number of nitrogens with zero attached hydrogens (tertiary/aromatic N) is 1. The molecule has 1 aliphatic rings. The Bertz CT molecular complexity index is 170. The van der Waals surface area contributed by atoms with Gasteiger partial charge >= 0.3 is 0 Å². The number of hydrogen-bond donors (Lipinski definition) is 4. The second-order valence-electron chi connectivity index (χ2n) is 2.55. The summed E-state index contributed by atoms with van der Waals surface area (Å²) in [6, 6.07) is 0. The topological polar surface area (TPSA) is 118 Å². The fourth-order valence-corrected chi connectivity index (χ4v) is 0.565. The number of imide groups is 1. The van der Waals surface area contributed by atoms with Gasteiger partial charge in [0, 0.05) is 54.4 Å². The number of aliphatic hydroxyl groups excluding tert-OH is 3. The van der Waals surface area contributed by atoms with Crippen molar-refractivity contribution >= 4 is 11.8 Å². The summed E-state index contributed by atoms with van der Waals surface area (Å²) in [5.41, 5.74) is 0. The van der Waals surface area contributed by atoms with E-state index in [-0.39, 0.29) is 59.4 Å². The molecule has 108 valence electrons. The fourth-order valence-electron chi connectivity index (χ4n) is 0.565. The first-order valence-electron chi connectivity index (χ1n) is 5.33. The average Bonchev–Trinajstić information content (AvgIpc) is 2.53. The van der Waals surface area contributed by atoms with Crippen LogP contribution in [0.4, 0.5) is 0 Å². The Morgan fingerprint density at radius 1 is 0.889 bits per heavy atom. The largest absolute Gasteiger partial charge is 0.397 e. The zero-order chi connectivity index (χ0) is 14.3. The van der Waals surface area contributed by atoms with Crippen LogP contribution in [0, 0.1) is 0 Å². The van der Waals surface area contributed by atoms with Crippen LogP contribution in [0.1, 0.15) is 33.6 Å². The van der Waals surface area contributed by atoms with Crippen molar-refractivity contribution in [1.29, 1.82) is 0 Å². The number of hydrogen-bond acceptors (Lipinski definition) is 6. The normalized spacial score (nSPS) is 12.1. The maximum absolute atomic E-state index is 10.2. The minimum atomic E-state index is -0.505. The minimum absolute atomic E-state index is 0.